The highest BCUT2D eigenvalue weighted by atomic mass is 15.4. The van der Waals surface area contributed by atoms with E-state index in [0.29, 0.717) is 6.54 Å². The second-order valence-corrected chi connectivity index (χ2v) is 6.07. The van der Waals surface area contributed by atoms with Crippen molar-refractivity contribution in [3.8, 4) is 0 Å². The van der Waals surface area contributed by atoms with Crippen molar-refractivity contribution in [2.75, 3.05) is 26.7 Å². The maximum atomic E-state index is 4.64. The Balaban J connectivity index is 2.56. The van der Waals surface area contributed by atoms with Gasteiger partial charge >= 0.3 is 0 Å². The number of rotatable bonds is 6. The van der Waals surface area contributed by atoms with Crippen LogP contribution in [0.25, 0.3) is 0 Å². The molecular weight excluding hydrogens is 266 g/mol. The first-order chi connectivity index (χ1) is 9.83. The minimum absolute atomic E-state index is 0.123. The molecule has 0 unspecified atom stereocenters. The van der Waals surface area contributed by atoms with E-state index in [1.54, 1.807) is 11.0 Å². The van der Waals surface area contributed by atoms with Crippen molar-refractivity contribution in [3.63, 3.8) is 0 Å². The first-order valence-electron chi connectivity index (χ1n) is 7.41. The Kier molecular flexibility index (Phi) is 6.61. The molecule has 0 aliphatic rings. The van der Waals surface area contributed by atoms with Gasteiger partial charge in [-0.1, -0.05) is 0 Å². The highest BCUT2D eigenvalue weighted by Crippen LogP contribution is 1.99. The summed E-state index contributed by atoms with van der Waals surface area (Å²) in [6.07, 6.45) is 1.57. The lowest BCUT2D eigenvalue weighted by molar-refractivity contribution is 0.427. The number of hydrogen-bond donors (Lipinski definition) is 2. The SMILES string of the molecule is CCNC(=NCCNC(C)(C)C)N(C)Cc1ncnn1C. The van der Waals surface area contributed by atoms with E-state index in [9.17, 15) is 0 Å². The zero-order valence-electron chi connectivity index (χ0n) is 14.1. The largest absolute Gasteiger partial charge is 0.357 e. The van der Waals surface area contributed by atoms with E-state index in [1.165, 1.54) is 0 Å². The number of hydrogen-bond acceptors (Lipinski definition) is 4. The van der Waals surface area contributed by atoms with Gasteiger partial charge in [-0.15, -0.1) is 0 Å². The molecular formula is C14H29N7. The molecule has 7 nitrogen and oxygen atoms in total. The molecule has 0 fully saturated rings. The summed E-state index contributed by atoms with van der Waals surface area (Å²) in [4.78, 5) is 10.9. The topological polar surface area (TPSA) is 70.4 Å². The second kappa shape index (κ2) is 7.97. The molecule has 0 aliphatic heterocycles. The van der Waals surface area contributed by atoms with E-state index >= 15 is 0 Å². The monoisotopic (exact) mass is 295 g/mol. The summed E-state index contributed by atoms with van der Waals surface area (Å²) in [7, 11) is 3.90. The molecule has 0 saturated carbocycles. The summed E-state index contributed by atoms with van der Waals surface area (Å²) >= 11 is 0. The number of aliphatic imine (C=N–C) groups is 1. The van der Waals surface area contributed by atoms with Crippen molar-refractivity contribution >= 4 is 5.96 Å². The summed E-state index contributed by atoms with van der Waals surface area (Å²) in [5.74, 6) is 1.80. The van der Waals surface area contributed by atoms with Gasteiger partial charge in [0.15, 0.2) is 5.96 Å². The molecule has 0 spiro atoms. The van der Waals surface area contributed by atoms with Crippen LogP contribution < -0.4 is 10.6 Å². The van der Waals surface area contributed by atoms with Crippen molar-refractivity contribution < 1.29 is 0 Å². The molecule has 0 saturated heterocycles. The molecule has 0 atom stereocenters. The predicted molar refractivity (Wildman–Crippen MR) is 86.2 cm³/mol. The molecule has 1 aromatic rings. The lowest BCUT2D eigenvalue weighted by Crippen LogP contribution is -2.41. The van der Waals surface area contributed by atoms with E-state index in [0.717, 1.165) is 31.4 Å². The van der Waals surface area contributed by atoms with Gasteiger partial charge in [0.2, 0.25) is 0 Å². The smallest absolute Gasteiger partial charge is 0.194 e. The van der Waals surface area contributed by atoms with Crippen LogP contribution in [0.2, 0.25) is 0 Å². The van der Waals surface area contributed by atoms with Crippen LogP contribution in [0.1, 0.15) is 33.5 Å². The second-order valence-electron chi connectivity index (χ2n) is 6.07. The van der Waals surface area contributed by atoms with Gasteiger partial charge in [0.25, 0.3) is 0 Å². The minimum Gasteiger partial charge on any atom is -0.357 e. The van der Waals surface area contributed by atoms with Crippen molar-refractivity contribution in [2.24, 2.45) is 12.0 Å². The Labute approximate surface area is 127 Å². The Morgan fingerprint density at radius 1 is 1.43 bits per heavy atom. The van der Waals surface area contributed by atoms with E-state index in [2.05, 4.69) is 58.3 Å². The van der Waals surface area contributed by atoms with Crippen LogP contribution >= 0.6 is 0 Å². The van der Waals surface area contributed by atoms with Gasteiger partial charge in [0.1, 0.15) is 12.2 Å². The maximum Gasteiger partial charge on any atom is 0.194 e. The van der Waals surface area contributed by atoms with Crippen LogP contribution in [0.4, 0.5) is 0 Å². The van der Waals surface area contributed by atoms with Crippen LogP contribution in [-0.2, 0) is 13.6 Å². The number of guanidine groups is 1. The Morgan fingerprint density at radius 2 is 2.14 bits per heavy atom. The Morgan fingerprint density at radius 3 is 2.67 bits per heavy atom. The van der Waals surface area contributed by atoms with Crippen molar-refractivity contribution in [1.29, 1.82) is 0 Å². The van der Waals surface area contributed by atoms with Gasteiger partial charge in [-0.2, -0.15) is 5.10 Å². The average Bonchev–Trinajstić information content (AvgIpc) is 2.77. The van der Waals surface area contributed by atoms with Gasteiger partial charge in [0.05, 0.1) is 13.1 Å². The van der Waals surface area contributed by atoms with E-state index in [-0.39, 0.29) is 5.54 Å². The van der Waals surface area contributed by atoms with E-state index in [1.807, 2.05) is 14.1 Å². The number of aromatic nitrogens is 3. The van der Waals surface area contributed by atoms with E-state index in [4.69, 9.17) is 0 Å². The standard InChI is InChI=1S/C14H29N7/c1-7-15-13(16-8-9-18-14(2,3)4)20(5)10-12-17-11-19-21(12)6/h11,18H,7-10H2,1-6H3,(H,15,16). The van der Waals surface area contributed by atoms with Crippen molar-refractivity contribution in [3.05, 3.63) is 12.2 Å². The first-order valence-corrected chi connectivity index (χ1v) is 7.41. The highest BCUT2D eigenvalue weighted by Gasteiger charge is 2.10. The molecule has 120 valence electrons. The zero-order valence-corrected chi connectivity index (χ0v) is 14.1. The normalized spacial score (nSPS) is 12.6. The van der Waals surface area contributed by atoms with Crippen LogP contribution in [0, 0.1) is 0 Å². The summed E-state index contributed by atoms with van der Waals surface area (Å²) in [6.45, 7) is 11.6. The Bertz CT molecular complexity index is 444. The van der Waals surface area contributed by atoms with Crippen LogP contribution in [0.5, 0.6) is 0 Å². The summed E-state index contributed by atoms with van der Waals surface area (Å²) in [5, 5.41) is 10.8. The van der Waals surface area contributed by atoms with Gasteiger partial charge in [-0.25, -0.2) is 4.98 Å². The van der Waals surface area contributed by atoms with Gasteiger partial charge in [-0.3, -0.25) is 9.67 Å². The Hall–Kier alpha value is -1.63. The predicted octanol–water partition coefficient (Wildman–Crippen LogP) is 0.601. The van der Waals surface area contributed by atoms with Gasteiger partial charge in [0, 0.05) is 32.7 Å². The molecule has 0 aromatic carbocycles. The highest BCUT2D eigenvalue weighted by molar-refractivity contribution is 5.79. The minimum atomic E-state index is 0.123. The molecule has 1 heterocycles. The van der Waals surface area contributed by atoms with Crippen molar-refractivity contribution in [2.45, 2.75) is 39.8 Å². The molecule has 21 heavy (non-hydrogen) atoms. The molecule has 2 N–H and O–H groups in total. The van der Waals surface area contributed by atoms with Gasteiger partial charge < -0.3 is 15.5 Å². The third-order valence-corrected chi connectivity index (χ3v) is 2.91. The van der Waals surface area contributed by atoms with Crippen LogP contribution in [-0.4, -0.2) is 57.8 Å². The summed E-state index contributed by atoms with van der Waals surface area (Å²) in [5.41, 5.74) is 0.123. The summed E-state index contributed by atoms with van der Waals surface area (Å²) < 4.78 is 1.78. The molecule has 0 bridgehead atoms. The number of nitrogens with one attached hydrogen (secondary N) is 2. The van der Waals surface area contributed by atoms with Crippen LogP contribution in [0.15, 0.2) is 11.3 Å². The molecule has 0 radical (unpaired) electrons. The molecule has 7 heteroatoms. The fraction of sp³-hybridized carbons (Fsp3) is 0.786. The average molecular weight is 295 g/mol. The lowest BCUT2D eigenvalue weighted by atomic mass is 10.1. The first kappa shape index (κ1) is 17.4. The third-order valence-electron chi connectivity index (χ3n) is 2.91. The molecule has 1 rings (SSSR count). The number of aryl methyl sites for hydroxylation is 1. The third kappa shape index (κ3) is 6.57. The maximum absolute atomic E-state index is 4.64. The zero-order chi connectivity index (χ0) is 15.9. The quantitative estimate of drug-likeness (QED) is 0.457. The fourth-order valence-electron chi connectivity index (χ4n) is 1.81. The lowest BCUT2D eigenvalue weighted by Gasteiger charge is -2.22. The molecule has 0 amide bonds. The molecule has 1 aromatic heterocycles. The van der Waals surface area contributed by atoms with Gasteiger partial charge in [-0.05, 0) is 27.7 Å². The fourth-order valence-corrected chi connectivity index (χ4v) is 1.81. The van der Waals surface area contributed by atoms with E-state index < -0.39 is 0 Å². The van der Waals surface area contributed by atoms with Crippen molar-refractivity contribution in [1.82, 2.24) is 30.3 Å². The number of nitrogens with zero attached hydrogens (tertiary/aromatic N) is 5. The molecule has 0 aliphatic carbocycles. The van der Waals surface area contributed by atoms with Crippen LogP contribution in [0.3, 0.4) is 0 Å². The summed E-state index contributed by atoms with van der Waals surface area (Å²) in [6, 6.07) is 0.